The molecule has 6 rings (SSSR count). The highest BCUT2D eigenvalue weighted by Gasteiger charge is 2.47. The first-order valence-electron chi connectivity index (χ1n) is 9.00. The van der Waals surface area contributed by atoms with Gasteiger partial charge in [-0.3, -0.25) is 0 Å². The van der Waals surface area contributed by atoms with Crippen molar-refractivity contribution < 1.29 is 14.2 Å². The molecule has 0 unspecified atom stereocenters. The molecular formula is C19H25NO3. The summed E-state index contributed by atoms with van der Waals surface area (Å²) in [5, 5.41) is 3.87. The van der Waals surface area contributed by atoms with Crippen molar-refractivity contribution in [3.05, 3.63) is 17.7 Å². The molecule has 4 fully saturated rings. The van der Waals surface area contributed by atoms with Crippen molar-refractivity contribution in [1.29, 1.82) is 0 Å². The summed E-state index contributed by atoms with van der Waals surface area (Å²) in [5.41, 5.74) is 1.22. The third kappa shape index (κ3) is 2.30. The van der Waals surface area contributed by atoms with E-state index in [1.54, 1.807) is 7.11 Å². The number of ether oxygens (including phenoxy) is 3. The fourth-order valence-electron chi connectivity index (χ4n) is 5.78. The molecule has 0 aromatic heterocycles. The van der Waals surface area contributed by atoms with E-state index in [1.165, 1.54) is 37.7 Å². The van der Waals surface area contributed by atoms with Crippen molar-refractivity contribution in [1.82, 2.24) is 5.32 Å². The number of hydrogen-bond acceptors (Lipinski definition) is 4. The second-order valence-electron chi connectivity index (χ2n) is 7.87. The Balaban J connectivity index is 1.31. The van der Waals surface area contributed by atoms with Crippen LogP contribution in [0.3, 0.4) is 0 Å². The average Bonchev–Trinajstić information content (AvgIpc) is 3.01. The molecule has 4 aliphatic carbocycles. The molecule has 0 spiro atoms. The average molecular weight is 315 g/mol. The van der Waals surface area contributed by atoms with Gasteiger partial charge >= 0.3 is 0 Å². The van der Waals surface area contributed by atoms with Crippen LogP contribution in [0.15, 0.2) is 12.1 Å². The zero-order chi connectivity index (χ0) is 15.4. The molecule has 0 saturated heterocycles. The minimum absolute atomic E-state index is 0.290. The fourth-order valence-corrected chi connectivity index (χ4v) is 5.78. The van der Waals surface area contributed by atoms with E-state index >= 15 is 0 Å². The maximum absolute atomic E-state index is 5.54. The number of nitrogens with one attached hydrogen (secondary N) is 1. The van der Waals surface area contributed by atoms with E-state index in [1.807, 2.05) is 0 Å². The van der Waals surface area contributed by atoms with Crippen molar-refractivity contribution in [2.24, 2.45) is 23.7 Å². The molecule has 23 heavy (non-hydrogen) atoms. The number of methoxy groups -OCH3 is 1. The van der Waals surface area contributed by atoms with E-state index in [0.29, 0.717) is 6.04 Å². The lowest BCUT2D eigenvalue weighted by Gasteiger charge is -2.54. The van der Waals surface area contributed by atoms with Gasteiger partial charge in [0.05, 0.1) is 7.11 Å². The van der Waals surface area contributed by atoms with Crippen LogP contribution < -0.4 is 19.5 Å². The van der Waals surface area contributed by atoms with Gasteiger partial charge in [0.2, 0.25) is 12.5 Å². The fraction of sp³-hybridized carbons (Fsp3) is 0.684. The van der Waals surface area contributed by atoms with Crippen molar-refractivity contribution in [2.75, 3.05) is 13.9 Å². The minimum Gasteiger partial charge on any atom is -0.493 e. The molecular weight excluding hydrogens is 290 g/mol. The number of fused-ring (bicyclic) bond motifs is 1. The Bertz CT molecular complexity index is 587. The summed E-state index contributed by atoms with van der Waals surface area (Å²) in [6.45, 7) is 1.18. The first kappa shape index (κ1) is 14.0. The molecule has 1 heterocycles. The summed E-state index contributed by atoms with van der Waals surface area (Å²) in [4.78, 5) is 0. The molecule has 4 saturated carbocycles. The molecule has 1 aromatic carbocycles. The van der Waals surface area contributed by atoms with Crippen LogP contribution >= 0.6 is 0 Å². The summed E-state index contributed by atoms with van der Waals surface area (Å²) in [7, 11) is 1.69. The van der Waals surface area contributed by atoms with Crippen molar-refractivity contribution >= 4 is 0 Å². The predicted octanol–water partition coefficient (Wildman–Crippen LogP) is 3.34. The van der Waals surface area contributed by atoms with Crippen LogP contribution in [0.2, 0.25) is 0 Å². The van der Waals surface area contributed by atoms with Gasteiger partial charge in [0.15, 0.2) is 11.5 Å². The summed E-state index contributed by atoms with van der Waals surface area (Å²) < 4.78 is 16.5. The zero-order valence-electron chi connectivity index (χ0n) is 13.7. The third-order valence-electron chi connectivity index (χ3n) is 6.49. The maximum atomic E-state index is 5.54. The van der Waals surface area contributed by atoms with Crippen molar-refractivity contribution in [2.45, 2.75) is 44.7 Å². The highest BCUT2D eigenvalue weighted by atomic mass is 16.7. The Morgan fingerprint density at radius 2 is 1.78 bits per heavy atom. The Hall–Kier alpha value is -1.42. The predicted molar refractivity (Wildman–Crippen MR) is 86.8 cm³/mol. The summed E-state index contributed by atoms with van der Waals surface area (Å²) in [5.74, 6) is 6.20. The number of hydrogen-bond donors (Lipinski definition) is 1. The molecule has 1 N–H and O–H groups in total. The lowest BCUT2D eigenvalue weighted by molar-refractivity contribution is -0.0142. The molecule has 4 heteroatoms. The molecule has 124 valence electrons. The Kier molecular flexibility index (Phi) is 3.22. The number of rotatable bonds is 4. The molecule has 0 atom stereocenters. The van der Waals surface area contributed by atoms with Crippen LogP contribution in [0.4, 0.5) is 0 Å². The smallest absolute Gasteiger partial charge is 0.231 e. The van der Waals surface area contributed by atoms with Crippen LogP contribution in [-0.4, -0.2) is 19.9 Å². The first-order valence-corrected chi connectivity index (χ1v) is 9.00. The van der Waals surface area contributed by atoms with Crippen LogP contribution in [0.25, 0.3) is 0 Å². The van der Waals surface area contributed by atoms with Crippen molar-refractivity contribution in [3.8, 4) is 17.2 Å². The van der Waals surface area contributed by atoms with Gasteiger partial charge in [0.1, 0.15) is 0 Å². The largest absolute Gasteiger partial charge is 0.493 e. The van der Waals surface area contributed by atoms with E-state index < -0.39 is 0 Å². The van der Waals surface area contributed by atoms with E-state index in [4.69, 9.17) is 14.2 Å². The van der Waals surface area contributed by atoms with Gasteiger partial charge in [0.25, 0.3) is 0 Å². The molecule has 1 aliphatic heterocycles. The Morgan fingerprint density at radius 3 is 2.48 bits per heavy atom. The molecule has 4 bridgehead atoms. The topological polar surface area (TPSA) is 39.7 Å². The minimum atomic E-state index is 0.290. The van der Waals surface area contributed by atoms with Crippen molar-refractivity contribution in [3.63, 3.8) is 0 Å². The molecule has 5 aliphatic rings. The second kappa shape index (κ2) is 5.30. The van der Waals surface area contributed by atoms with E-state index in [2.05, 4.69) is 17.4 Å². The van der Waals surface area contributed by atoms with Gasteiger partial charge in [-0.1, -0.05) is 0 Å². The highest BCUT2D eigenvalue weighted by Crippen LogP contribution is 2.53. The summed E-state index contributed by atoms with van der Waals surface area (Å²) in [6.07, 6.45) is 7.33. The molecule has 0 radical (unpaired) electrons. The van der Waals surface area contributed by atoms with Gasteiger partial charge in [-0.15, -0.1) is 0 Å². The Labute approximate surface area is 137 Å². The molecule has 4 nitrogen and oxygen atoms in total. The standard InChI is InChI=1S/C19H25NO3/c1-21-16-7-13(8-17-19(16)23-10-22-17)9-20-18-14-3-11-2-12(5-14)6-15(18)4-11/h7-8,11-12,14-15,18,20H,2-6,9-10H2,1H3. The summed E-state index contributed by atoms with van der Waals surface area (Å²) in [6, 6.07) is 4.88. The van der Waals surface area contributed by atoms with E-state index in [0.717, 1.165) is 47.5 Å². The highest BCUT2D eigenvalue weighted by molar-refractivity contribution is 5.55. The SMILES string of the molecule is COc1cc(CNC2C3CC4CC(C3)CC2C4)cc2c1OCO2. The lowest BCUT2D eigenvalue weighted by Crippen LogP contribution is -2.54. The van der Waals surface area contributed by atoms with Gasteiger partial charge in [-0.25, -0.2) is 0 Å². The van der Waals surface area contributed by atoms with E-state index in [-0.39, 0.29) is 6.79 Å². The van der Waals surface area contributed by atoms with E-state index in [9.17, 15) is 0 Å². The molecule has 1 aromatic rings. The third-order valence-corrected chi connectivity index (χ3v) is 6.49. The molecule has 0 amide bonds. The first-order chi connectivity index (χ1) is 11.3. The van der Waals surface area contributed by atoms with Gasteiger partial charge < -0.3 is 19.5 Å². The van der Waals surface area contributed by atoms with Crippen LogP contribution in [0.5, 0.6) is 17.2 Å². The van der Waals surface area contributed by atoms with Gasteiger partial charge in [-0.2, -0.15) is 0 Å². The number of benzene rings is 1. The van der Waals surface area contributed by atoms with Gasteiger partial charge in [-0.05, 0) is 73.5 Å². The Morgan fingerprint density at radius 1 is 1.04 bits per heavy atom. The quantitative estimate of drug-likeness (QED) is 0.925. The van der Waals surface area contributed by atoms with Crippen LogP contribution in [0, 0.1) is 23.7 Å². The lowest BCUT2D eigenvalue weighted by atomic mass is 9.54. The second-order valence-corrected chi connectivity index (χ2v) is 7.87. The summed E-state index contributed by atoms with van der Waals surface area (Å²) >= 11 is 0. The maximum Gasteiger partial charge on any atom is 0.231 e. The normalized spacial score (nSPS) is 36.5. The van der Waals surface area contributed by atoms with Crippen LogP contribution in [0.1, 0.15) is 37.7 Å². The van der Waals surface area contributed by atoms with Crippen LogP contribution in [-0.2, 0) is 6.54 Å². The van der Waals surface area contributed by atoms with Gasteiger partial charge in [0, 0.05) is 12.6 Å². The zero-order valence-corrected chi connectivity index (χ0v) is 13.7. The monoisotopic (exact) mass is 315 g/mol.